The standard InChI is InChI=1S/C8H14O5S/c1-2-3-4-14-8(7(11)12)13-6(10)5-9/h8-9H,2-5H2,1H3,(H,11,12). The molecule has 0 saturated heterocycles. The molecule has 0 saturated carbocycles. The zero-order chi connectivity index (χ0) is 11.0. The molecule has 0 aliphatic heterocycles. The first kappa shape index (κ1) is 13.2. The van der Waals surface area contributed by atoms with Crippen molar-refractivity contribution in [2.75, 3.05) is 12.4 Å². The van der Waals surface area contributed by atoms with E-state index in [-0.39, 0.29) is 0 Å². The fourth-order valence-electron chi connectivity index (χ4n) is 0.647. The summed E-state index contributed by atoms with van der Waals surface area (Å²) in [6.07, 6.45) is 1.82. The second-order valence-electron chi connectivity index (χ2n) is 2.54. The highest BCUT2D eigenvalue weighted by molar-refractivity contribution is 8.00. The smallest absolute Gasteiger partial charge is 0.355 e. The van der Waals surface area contributed by atoms with Crippen LogP contribution in [-0.2, 0) is 14.3 Å². The van der Waals surface area contributed by atoms with E-state index >= 15 is 0 Å². The Labute approximate surface area is 86.4 Å². The number of esters is 1. The summed E-state index contributed by atoms with van der Waals surface area (Å²) >= 11 is 1.04. The lowest BCUT2D eigenvalue weighted by Crippen LogP contribution is -2.25. The highest BCUT2D eigenvalue weighted by Gasteiger charge is 2.21. The van der Waals surface area contributed by atoms with Gasteiger partial charge in [-0.3, -0.25) is 0 Å². The van der Waals surface area contributed by atoms with Crippen LogP contribution in [0.5, 0.6) is 0 Å². The van der Waals surface area contributed by atoms with Crippen molar-refractivity contribution in [3.8, 4) is 0 Å². The minimum Gasteiger partial charge on any atom is -0.478 e. The Morgan fingerprint density at radius 3 is 2.57 bits per heavy atom. The van der Waals surface area contributed by atoms with Crippen molar-refractivity contribution in [3.63, 3.8) is 0 Å². The largest absolute Gasteiger partial charge is 0.478 e. The number of carboxylic acid groups (broad SMARTS) is 1. The third-order valence-electron chi connectivity index (χ3n) is 1.34. The normalized spacial score (nSPS) is 12.1. The lowest BCUT2D eigenvalue weighted by Gasteiger charge is -2.11. The van der Waals surface area contributed by atoms with Crippen molar-refractivity contribution < 1.29 is 24.5 Å². The molecule has 0 bridgehead atoms. The molecule has 14 heavy (non-hydrogen) atoms. The minimum absolute atomic E-state index is 0.617. The van der Waals surface area contributed by atoms with Crippen molar-refractivity contribution >= 4 is 23.7 Å². The van der Waals surface area contributed by atoms with E-state index in [9.17, 15) is 9.59 Å². The van der Waals surface area contributed by atoms with Gasteiger partial charge in [-0.25, -0.2) is 9.59 Å². The van der Waals surface area contributed by atoms with Gasteiger partial charge in [0.2, 0.25) is 5.44 Å². The maximum absolute atomic E-state index is 10.6. The predicted octanol–water partition coefficient (Wildman–Crippen LogP) is 0.466. The molecule has 0 amide bonds. The van der Waals surface area contributed by atoms with E-state index in [2.05, 4.69) is 4.74 Å². The van der Waals surface area contributed by atoms with E-state index in [4.69, 9.17) is 10.2 Å². The SMILES string of the molecule is CCCCSC(OC(=O)CO)C(=O)O. The fourth-order valence-corrected chi connectivity index (χ4v) is 1.63. The third-order valence-corrected chi connectivity index (χ3v) is 2.46. The fraction of sp³-hybridized carbons (Fsp3) is 0.750. The first-order chi connectivity index (χ1) is 6.61. The summed E-state index contributed by atoms with van der Waals surface area (Å²) < 4.78 is 4.48. The summed E-state index contributed by atoms with van der Waals surface area (Å²) in [5, 5.41) is 17.0. The van der Waals surface area contributed by atoms with Crippen LogP contribution in [0.4, 0.5) is 0 Å². The van der Waals surface area contributed by atoms with Crippen molar-refractivity contribution in [3.05, 3.63) is 0 Å². The summed E-state index contributed by atoms with van der Waals surface area (Å²) in [6, 6.07) is 0. The average Bonchev–Trinajstić information content (AvgIpc) is 2.16. The van der Waals surface area contributed by atoms with E-state index in [0.717, 1.165) is 24.6 Å². The topological polar surface area (TPSA) is 83.8 Å². The molecule has 1 atom stereocenters. The van der Waals surface area contributed by atoms with Crippen molar-refractivity contribution in [2.24, 2.45) is 0 Å². The number of aliphatic hydroxyl groups excluding tert-OH is 1. The van der Waals surface area contributed by atoms with Crippen molar-refractivity contribution in [1.82, 2.24) is 0 Å². The number of carbonyl (C=O) groups excluding carboxylic acids is 1. The third kappa shape index (κ3) is 5.82. The van der Waals surface area contributed by atoms with Gasteiger partial charge in [0.05, 0.1) is 0 Å². The van der Waals surface area contributed by atoms with Gasteiger partial charge in [0.15, 0.2) is 0 Å². The van der Waals surface area contributed by atoms with Crippen LogP contribution in [0.3, 0.4) is 0 Å². The Morgan fingerprint density at radius 1 is 1.50 bits per heavy atom. The van der Waals surface area contributed by atoms with Gasteiger partial charge in [-0.2, -0.15) is 0 Å². The van der Waals surface area contributed by atoms with E-state index in [0.29, 0.717) is 5.75 Å². The number of aliphatic hydroxyl groups is 1. The average molecular weight is 222 g/mol. The van der Waals surface area contributed by atoms with Crippen LogP contribution in [-0.4, -0.2) is 39.9 Å². The Kier molecular flexibility index (Phi) is 7.23. The summed E-state index contributed by atoms with van der Waals surface area (Å²) in [6.45, 7) is 1.19. The number of carboxylic acids is 1. The van der Waals surface area contributed by atoms with Crippen LogP contribution >= 0.6 is 11.8 Å². The van der Waals surface area contributed by atoms with E-state index in [1.807, 2.05) is 6.92 Å². The van der Waals surface area contributed by atoms with Gasteiger partial charge in [-0.1, -0.05) is 13.3 Å². The molecular formula is C8H14O5S. The highest BCUT2D eigenvalue weighted by Crippen LogP contribution is 2.14. The molecule has 0 aromatic rings. The molecule has 0 aromatic carbocycles. The Hall–Kier alpha value is -0.750. The molecule has 0 fully saturated rings. The summed E-state index contributed by atoms with van der Waals surface area (Å²) in [5.74, 6) is -1.50. The molecule has 0 aromatic heterocycles. The van der Waals surface area contributed by atoms with Gasteiger partial charge in [0.1, 0.15) is 6.61 Å². The number of thioether (sulfide) groups is 1. The molecule has 82 valence electrons. The van der Waals surface area contributed by atoms with Crippen LogP contribution in [0.15, 0.2) is 0 Å². The zero-order valence-electron chi connectivity index (χ0n) is 7.93. The molecule has 2 N–H and O–H groups in total. The van der Waals surface area contributed by atoms with Crippen molar-refractivity contribution in [1.29, 1.82) is 0 Å². The number of hydrogen-bond acceptors (Lipinski definition) is 5. The summed E-state index contributed by atoms with van der Waals surface area (Å²) in [7, 11) is 0. The maximum atomic E-state index is 10.6. The molecule has 0 spiro atoms. The van der Waals surface area contributed by atoms with Gasteiger partial charge in [-0.15, -0.1) is 11.8 Å². The van der Waals surface area contributed by atoms with Gasteiger partial charge < -0.3 is 14.9 Å². The second-order valence-corrected chi connectivity index (χ2v) is 3.71. The Balaban J connectivity index is 3.90. The molecule has 0 rings (SSSR count). The molecule has 0 heterocycles. The van der Waals surface area contributed by atoms with Crippen LogP contribution in [0, 0.1) is 0 Å². The number of aliphatic carboxylic acids is 1. The van der Waals surface area contributed by atoms with E-state index < -0.39 is 24.0 Å². The monoisotopic (exact) mass is 222 g/mol. The van der Waals surface area contributed by atoms with E-state index in [1.54, 1.807) is 0 Å². The molecule has 0 aliphatic rings. The van der Waals surface area contributed by atoms with Crippen LogP contribution in [0.1, 0.15) is 19.8 Å². The summed E-state index contributed by atoms with van der Waals surface area (Å²) in [4.78, 5) is 21.2. The quantitative estimate of drug-likeness (QED) is 0.370. The van der Waals surface area contributed by atoms with Crippen molar-refractivity contribution in [2.45, 2.75) is 25.2 Å². The lowest BCUT2D eigenvalue weighted by atomic mass is 10.4. The highest BCUT2D eigenvalue weighted by atomic mass is 32.2. The van der Waals surface area contributed by atoms with Gasteiger partial charge in [-0.05, 0) is 12.2 Å². The molecule has 0 aliphatic carbocycles. The Morgan fingerprint density at radius 2 is 2.14 bits per heavy atom. The summed E-state index contributed by atoms with van der Waals surface area (Å²) in [5.41, 5.74) is -1.21. The van der Waals surface area contributed by atoms with Crippen LogP contribution in [0.25, 0.3) is 0 Å². The zero-order valence-corrected chi connectivity index (χ0v) is 8.75. The van der Waals surface area contributed by atoms with Crippen LogP contribution in [0.2, 0.25) is 0 Å². The number of unbranched alkanes of at least 4 members (excludes halogenated alkanes) is 1. The predicted molar refractivity (Wildman–Crippen MR) is 52.0 cm³/mol. The maximum Gasteiger partial charge on any atom is 0.355 e. The van der Waals surface area contributed by atoms with E-state index in [1.165, 1.54) is 0 Å². The number of hydrogen-bond donors (Lipinski definition) is 2. The van der Waals surface area contributed by atoms with Gasteiger partial charge >= 0.3 is 11.9 Å². The molecule has 1 unspecified atom stereocenters. The number of carbonyl (C=O) groups is 2. The molecule has 6 heteroatoms. The first-order valence-electron chi connectivity index (χ1n) is 4.26. The number of ether oxygens (including phenoxy) is 1. The van der Waals surface area contributed by atoms with Crippen LogP contribution < -0.4 is 0 Å². The number of rotatable bonds is 7. The molecule has 5 nitrogen and oxygen atoms in total. The lowest BCUT2D eigenvalue weighted by molar-refractivity contribution is -0.159. The second kappa shape index (κ2) is 7.64. The van der Waals surface area contributed by atoms with Gasteiger partial charge in [0.25, 0.3) is 0 Å². The molecule has 0 radical (unpaired) electrons. The Bertz CT molecular complexity index is 194. The minimum atomic E-state index is -1.21. The first-order valence-corrected chi connectivity index (χ1v) is 5.31. The van der Waals surface area contributed by atoms with Gasteiger partial charge in [0, 0.05) is 0 Å². The molecular weight excluding hydrogens is 208 g/mol.